The van der Waals surface area contributed by atoms with E-state index in [4.69, 9.17) is 30.6 Å². The molecule has 8 heteroatoms. The van der Waals surface area contributed by atoms with Gasteiger partial charge in [0.15, 0.2) is 11.0 Å². The van der Waals surface area contributed by atoms with E-state index in [1.807, 2.05) is 6.07 Å². The highest BCUT2D eigenvalue weighted by Crippen LogP contribution is 2.35. The van der Waals surface area contributed by atoms with Gasteiger partial charge in [-0.05, 0) is 43.2 Å². The minimum atomic E-state index is -0.776. The van der Waals surface area contributed by atoms with Crippen LogP contribution >= 0.6 is 27.5 Å². The number of halogens is 2. The lowest BCUT2D eigenvalue weighted by molar-refractivity contribution is -0.151. The van der Waals surface area contributed by atoms with Gasteiger partial charge in [0.2, 0.25) is 0 Å². The van der Waals surface area contributed by atoms with Gasteiger partial charge in [0, 0.05) is 10.5 Å². The zero-order valence-corrected chi connectivity index (χ0v) is 18.1. The Bertz CT molecular complexity index is 1150. The van der Waals surface area contributed by atoms with Gasteiger partial charge in [-0.2, -0.15) is 0 Å². The Kier molecular flexibility index (Phi) is 6.13. The first-order valence-electron chi connectivity index (χ1n) is 9.42. The highest BCUT2D eigenvalue weighted by Gasteiger charge is 2.34. The average Bonchev–Trinajstić information content (AvgIpc) is 2.67. The topological polar surface area (TPSA) is 86.0 Å². The molecule has 3 aromatic rings. The maximum Gasteiger partial charge on any atom is 0.306 e. The van der Waals surface area contributed by atoms with Crippen molar-refractivity contribution in [2.24, 2.45) is 5.92 Å². The zero-order chi connectivity index (χ0) is 21.3. The third kappa shape index (κ3) is 4.38. The second-order valence-electron chi connectivity index (χ2n) is 7.08. The van der Waals surface area contributed by atoms with Crippen molar-refractivity contribution in [2.45, 2.75) is 18.9 Å². The number of carboxylic acids is 1. The monoisotopic (exact) mass is 492 g/mol. The number of fused-ring (bicyclic) bond motifs is 1. The summed E-state index contributed by atoms with van der Waals surface area (Å²) >= 11 is 9.64. The lowest BCUT2D eigenvalue weighted by Crippen LogP contribution is -2.37. The summed E-state index contributed by atoms with van der Waals surface area (Å²) in [7, 11) is 0. The van der Waals surface area contributed by atoms with E-state index in [0.717, 1.165) is 4.47 Å². The molecule has 0 bridgehead atoms. The summed E-state index contributed by atoms with van der Waals surface area (Å²) in [5, 5.41) is 9.69. The first-order valence-corrected chi connectivity index (χ1v) is 10.6. The van der Waals surface area contributed by atoms with Crippen LogP contribution in [0.1, 0.15) is 12.8 Å². The molecule has 1 aliphatic carbocycles. The molecule has 6 nitrogen and oxygen atoms in total. The minimum absolute atomic E-state index is 0.0441. The predicted molar refractivity (Wildman–Crippen MR) is 116 cm³/mol. The number of aliphatic carboxylic acids is 1. The van der Waals surface area contributed by atoms with E-state index in [1.54, 1.807) is 30.3 Å². The number of hydrogen-bond acceptors (Lipinski definition) is 5. The van der Waals surface area contributed by atoms with E-state index in [-0.39, 0.29) is 24.1 Å². The highest BCUT2D eigenvalue weighted by molar-refractivity contribution is 9.10. The van der Waals surface area contributed by atoms with Gasteiger partial charge in [0.05, 0.1) is 34.6 Å². The maximum absolute atomic E-state index is 12.5. The van der Waals surface area contributed by atoms with Crippen LogP contribution in [0.4, 0.5) is 0 Å². The fraction of sp³-hybridized carbons (Fsp3) is 0.273. The van der Waals surface area contributed by atoms with Crippen molar-refractivity contribution in [2.75, 3.05) is 13.2 Å². The molecule has 0 atom stereocenters. The van der Waals surface area contributed by atoms with Gasteiger partial charge in [-0.25, -0.2) is 0 Å². The van der Waals surface area contributed by atoms with Crippen LogP contribution in [0, 0.1) is 5.92 Å². The number of para-hydroxylation sites is 1. The lowest BCUT2D eigenvalue weighted by atomic mass is 9.82. The van der Waals surface area contributed by atoms with Crippen molar-refractivity contribution in [3.05, 3.63) is 62.2 Å². The summed E-state index contributed by atoms with van der Waals surface area (Å²) < 4.78 is 18.3. The van der Waals surface area contributed by atoms with Gasteiger partial charge in [0.1, 0.15) is 18.1 Å². The van der Waals surface area contributed by atoms with E-state index >= 15 is 0 Å². The second-order valence-corrected chi connectivity index (χ2v) is 8.40. The molecular formula is C22H18BrClO6. The van der Waals surface area contributed by atoms with Gasteiger partial charge >= 0.3 is 5.97 Å². The minimum Gasteiger partial charge on any atom is -0.490 e. The summed E-state index contributed by atoms with van der Waals surface area (Å²) in [6, 6.07) is 11.9. The number of rotatable bonds is 7. The SMILES string of the molecule is O=c1cc(-c2ccc(Br)cc2OCCO[C@H]2C[C@H](C(=O)O)C2)oc2c(Cl)cccc12. The Labute approximate surface area is 185 Å². The van der Waals surface area contributed by atoms with Crippen LogP contribution in [0.25, 0.3) is 22.3 Å². The van der Waals surface area contributed by atoms with Crippen molar-refractivity contribution in [3.8, 4) is 17.1 Å². The molecule has 0 spiro atoms. The Balaban J connectivity index is 1.50. The number of carbonyl (C=O) groups is 1. The van der Waals surface area contributed by atoms with Gasteiger partial charge < -0.3 is 19.0 Å². The Morgan fingerprint density at radius 3 is 2.77 bits per heavy atom. The fourth-order valence-electron chi connectivity index (χ4n) is 3.36. The van der Waals surface area contributed by atoms with Crippen molar-refractivity contribution in [3.63, 3.8) is 0 Å². The molecular weight excluding hydrogens is 476 g/mol. The first-order chi connectivity index (χ1) is 14.4. The standard InChI is InChI=1S/C22H18BrClO6/c23-13-4-5-16(20-11-18(25)15-2-1-3-17(24)21(15)30-20)19(10-13)29-7-6-28-14-8-12(9-14)22(26)27/h1-5,10-12,14H,6-9H2,(H,26,27)/t12-,14-. The number of ether oxygens (including phenoxy) is 2. The average molecular weight is 494 g/mol. The molecule has 0 amide bonds. The summed E-state index contributed by atoms with van der Waals surface area (Å²) in [5.74, 6) is -0.205. The quantitative estimate of drug-likeness (QED) is 0.459. The molecule has 1 heterocycles. The van der Waals surface area contributed by atoms with E-state index in [1.165, 1.54) is 6.07 Å². The van der Waals surface area contributed by atoms with Crippen LogP contribution in [0.3, 0.4) is 0 Å². The first kappa shape index (κ1) is 20.9. The Morgan fingerprint density at radius 1 is 1.20 bits per heavy atom. The van der Waals surface area contributed by atoms with Crippen LogP contribution in [-0.2, 0) is 9.53 Å². The highest BCUT2D eigenvalue weighted by atomic mass is 79.9. The molecule has 1 aromatic heterocycles. The summed E-state index contributed by atoms with van der Waals surface area (Å²) in [5.41, 5.74) is 0.757. The second kappa shape index (κ2) is 8.79. The van der Waals surface area contributed by atoms with Crippen LogP contribution in [-0.4, -0.2) is 30.4 Å². The number of carboxylic acid groups (broad SMARTS) is 1. The number of hydrogen-bond donors (Lipinski definition) is 1. The van der Waals surface area contributed by atoms with Gasteiger partial charge in [0.25, 0.3) is 0 Å². The van der Waals surface area contributed by atoms with Crippen LogP contribution < -0.4 is 10.2 Å². The third-order valence-corrected chi connectivity index (χ3v) is 5.85. The molecule has 1 N–H and O–H groups in total. The van der Waals surface area contributed by atoms with Crippen LogP contribution in [0.15, 0.2) is 56.1 Å². The normalized spacial score (nSPS) is 18.2. The predicted octanol–water partition coefficient (Wildman–Crippen LogP) is 5.13. The Hall–Kier alpha value is -2.35. The largest absolute Gasteiger partial charge is 0.490 e. The van der Waals surface area contributed by atoms with Gasteiger partial charge in [-0.15, -0.1) is 0 Å². The molecule has 156 valence electrons. The van der Waals surface area contributed by atoms with E-state index < -0.39 is 5.97 Å². The molecule has 1 fully saturated rings. The lowest BCUT2D eigenvalue weighted by Gasteiger charge is -2.32. The number of benzene rings is 2. The fourth-order valence-corrected chi connectivity index (χ4v) is 3.92. The van der Waals surface area contributed by atoms with Crippen molar-refractivity contribution in [1.29, 1.82) is 0 Å². The van der Waals surface area contributed by atoms with Gasteiger partial charge in [-0.1, -0.05) is 33.6 Å². The molecule has 4 rings (SSSR count). The van der Waals surface area contributed by atoms with E-state index in [9.17, 15) is 9.59 Å². The molecule has 0 unspecified atom stereocenters. The molecule has 2 aromatic carbocycles. The molecule has 0 saturated heterocycles. The Morgan fingerprint density at radius 2 is 2.00 bits per heavy atom. The summed E-state index contributed by atoms with van der Waals surface area (Å²) in [6.45, 7) is 0.604. The van der Waals surface area contributed by atoms with Gasteiger partial charge in [-0.3, -0.25) is 9.59 Å². The van der Waals surface area contributed by atoms with Crippen molar-refractivity contribution < 1.29 is 23.8 Å². The molecule has 0 radical (unpaired) electrons. The van der Waals surface area contributed by atoms with E-state index in [0.29, 0.717) is 52.5 Å². The smallest absolute Gasteiger partial charge is 0.306 e. The zero-order valence-electron chi connectivity index (χ0n) is 15.8. The molecule has 0 aliphatic heterocycles. The summed E-state index contributed by atoms with van der Waals surface area (Å²) in [6.07, 6.45) is 1.01. The van der Waals surface area contributed by atoms with Crippen LogP contribution in [0.5, 0.6) is 5.75 Å². The molecule has 1 aliphatic rings. The van der Waals surface area contributed by atoms with Crippen LogP contribution in [0.2, 0.25) is 5.02 Å². The maximum atomic E-state index is 12.5. The van der Waals surface area contributed by atoms with E-state index in [2.05, 4.69) is 15.9 Å². The van der Waals surface area contributed by atoms with Crippen molar-refractivity contribution in [1.82, 2.24) is 0 Å². The molecule has 1 saturated carbocycles. The third-order valence-electron chi connectivity index (χ3n) is 5.05. The van der Waals surface area contributed by atoms with Crippen molar-refractivity contribution >= 4 is 44.5 Å². The summed E-state index contributed by atoms with van der Waals surface area (Å²) in [4.78, 5) is 23.4. The molecule has 30 heavy (non-hydrogen) atoms.